The fourth-order valence-corrected chi connectivity index (χ4v) is 1.62. The predicted octanol–water partition coefficient (Wildman–Crippen LogP) is 3.99. The monoisotopic (exact) mass is 252 g/mol. The molecule has 0 fully saturated rings. The number of nitro groups is 1. The molecule has 0 unspecified atom stereocenters. The first-order chi connectivity index (χ1) is 9.20. The Hall–Kier alpha value is -2.75. The van der Waals surface area contributed by atoms with Crippen molar-refractivity contribution < 1.29 is 4.92 Å². The van der Waals surface area contributed by atoms with Crippen molar-refractivity contribution >= 4 is 23.7 Å². The Kier molecular flexibility index (Phi) is 3.83. The summed E-state index contributed by atoms with van der Waals surface area (Å²) in [7, 11) is 0. The van der Waals surface area contributed by atoms with E-state index in [2.05, 4.69) is 11.6 Å². The molecule has 4 heteroatoms. The second-order valence-corrected chi connectivity index (χ2v) is 3.86. The standard InChI is InChI=1S/C15H12N2O2/c1-2-12-5-3-4-6-13(12)11-16-14-7-9-15(10-8-14)17(18)19/h2-11H,1H2. The summed E-state index contributed by atoms with van der Waals surface area (Å²) in [6.45, 7) is 3.74. The van der Waals surface area contributed by atoms with E-state index in [1.54, 1.807) is 24.4 Å². The fraction of sp³-hybridized carbons (Fsp3) is 0. The third-order valence-electron chi connectivity index (χ3n) is 2.63. The van der Waals surface area contributed by atoms with Crippen LogP contribution in [0.5, 0.6) is 0 Å². The van der Waals surface area contributed by atoms with E-state index in [-0.39, 0.29) is 5.69 Å². The molecule has 0 aliphatic rings. The molecule has 19 heavy (non-hydrogen) atoms. The molecule has 0 aliphatic heterocycles. The molecule has 0 bridgehead atoms. The number of hydrogen-bond donors (Lipinski definition) is 0. The quantitative estimate of drug-likeness (QED) is 0.469. The molecule has 2 aromatic rings. The smallest absolute Gasteiger partial charge is 0.258 e. The summed E-state index contributed by atoms with van der Waals surface area (Å²) < 4.78 is 0. The zero-order valence-corrected chi connectivity index (χ0v) is 10.2. The highest BCUT2D eigenvalue weighted by atomic mass is 16.6. The van der Waals surface area contributed by atoms with Crippen LogP contribution in [0.15, 0.2) is 60.1 Å². The van der Waals surface area contributed by atoms with E-state index in [1.807, 2.05) is 24.3 Å². The summed E-state index contributed by atoms with van der Waals surface area (Å²) in [6, 6.07) is 13.8. The van der Waals surface area contributed by atoms with Crippen molar-refractivity contribution in [3.8, 4) is 0 Å². The number of nitrogens with zero attached hydrogens (tertiary/aromatic N) is 2. The van der Waals surface area contributed by atoms with Gasteiger partial charge in [-0.3, -0.25) is 15.1 Å². The molecule has 0 aliphatic carbocycles. The van der Waals surface area contributed by atoms with Gasteiger partial charge in [-0.25, -0.2) is 0 Å². The van der Waals surface area contributed by atoms with E-state index in [0.29, 0.717) is 5.69 Å². The zero-order valence-electron chi connectivity index (χ0n) is 10.2. The number of aliphatic imine (C=N–C) groups is 1. The van der Waals surface area contributed by atoms with Crippen LogP contribution in [-0.2, 0) is 0 Å². The van der Waals surface area contributed by atoms with E-state index >= 15 is 0 Å². The average molecular weight is 252 g/mol. The van der Waals surface area contributed by atoms with Gasteiger partial charge in [0.2, 0.25) is 0 Å². The van der Waals surface area contributed by atoms with Gasteiger partial charge in [0.25, 0.3) is 5.69 Å². The van der Waals surface area contributed by atoms with Crippen molar-refractivity contribution in [3.63, 3.8) is 0 Å². The van der Waals surface area contributed by atoms with Crippen molar-refractivity contribution in [1.29, 1.82) is 0 Å². The first kappa shape index (κ1) is 12.7. The summed E-state index contributed by atoms with van der Waals surface area (Å²) in [4.78, 5) is 14.4. The Balaban J connectivity index is 2.22. The van der Waals surface area contributed by atoms with Gasteiger partial charge < -0.3 is 0 Å². The molecule has 0 saturated carbocycles. The van der Waals surface area contributed by atoms with Crippen LogP contribution in [0, 0.1) is 10.1 Å². The Morgan fingerprint density at radius 3 is 2.26 bits per heavy atom. The normalized spacial score (nSPS) is 10.5. The van der Waals surface area contributed by atoms with Gasteiger partial charge in [0.15, 0.2) is 0 Å². The highest BCUT2D eigenvalue weighted by Gasteiger charge is 2.02. The van der Waals surface area contributed by atoms with Gasteiger partial charge in [-0.15, -0.1) is 0 Å². The lowest BCUT2D eigenvalue weighted by molar-refractivity contribution is -0.384. The second kappa shape index (κ2) is 5.73. The molecule has 2 aromatic carbocycles. The van der Waals surface area contributed by atoms with Crippen LogP contribution in [-0.4, -0.2) is 11.1 Å². The van der Waals surface area contributed by atoms with Crippen molar-refractivity contribution in [2.24, 2.45) is 4.99 Å². The molecule has 0 aromatic heterocycles. The summed E-state index contributed by atoms with van der Waals surface area (Å²) in [5.41, 5.74) is 2.68. The van der Waals surface area contributed by atoms with Crippen LogP contribution in [0.1, 0.15) is 11.1 Å². The summed E-state index contributed by atoms with van der Waals surface area (Å²) in [5, 5.41) is 10.5. The van der Waals surface area contributed by atoms with Crippen molar-refractivity contribution in [3.05, 3.63) is 76.4 Å². The predicted molar refractivity (Wildman–Crippen MR) is 76.9 cm³/mol. The maximum absolute atomic E-state index is 10.5. The summed E-state index contributed by atoms with van der Waals surface area (Å²) in [5.74, 6) is 0. The number of hydrogen-bond acceptors (Lipinski definition) is 3. The molecule has 0 amide bonds. The molecule has 94 valence electrons. The van der Waals surface area contributed by atoms with E-state index < -0.39 is 4.92 Å². The van der Waals surface area contributed by atoms with Crippen LogP contribution in [0.4, 0.5) is 11.4 Å². The van der Waals surface area contributed by atoms with Crippen LogP contribution in [0.3, 0.4) is 0 Å². The Morgan fingerprint density at radius 1 is 1.05 bits per heavy atom. The summed E-state index contributed by atoms with van der Waals surface area (Å²) in [6.07, 6.45) is 3.48. The van der Waals surface area contributed by atoms with Gasteiger partial charge in [0, 0.05) is 18.3 Å². The number of nitro benzene ring substituents is 1. The number of non-ortho nitro benzene ring substituents is 1. The van der Waals surface area contributed by atoms with Crippen molar-refractivity contribution in [2.45, 2.75) is 0 Å². The molecule has 0 spiro atoms. The SMILES string of the molecule is C=Cc1ccccc1C=Nc1ccc([N+](=O)[O-])cc1. The third-order valence-corrected chi connectivity index (χ3v) is 2.63. The molecule has 0 saturated heterocycles. The molecule has 4 nitrogen and oxygen atoms in total. The highest BCUT2D eigenvalue weighted by Crippen LogP contribution is 2.18. The van der Waals surface area contributed by atoms with E-state index in [1.165, 1.54) is 12.1 Å². The van der Waals surface area contributed by atoms with Crippen LogP contribution in [0.25, 0.3) is 6.08 Å². The Bertz CT molecular complexity index is 631. The van der Waals surface area contributed by atoms with Crippen LogP contribution >= 0.6 is 0 Å². The lowest BCUT2D eigenvalue weighted by Gasteiger charge is -1.99. The highest BCUT2D eigenvalue weighted by molar-refractivity contribution is 5.86. The topological polar surface area (TPSA) is 55.5 Å². The largest absolute Gasteiger partial charge is 0.269 e. The number of benzene rings is 2. The molecular weight excluding hydrogens is 240 g/mol. The van der Waals surface area contributed by atoms with Gasteiger partial charge in [-0.2, -0.15) is 0 Å². The minimum Gasteiger partial charge on any atom is -0.258 e. The molecule has 2 rings (SSSR count). The first-order valence-electron chi connectivity index (χ1n) is 5.70. The number of rotatable bonds is 4. The second-order valence-electron chi connectivity index (χ2n) is 3.86. The van der Waals surface area contributed by atoms with Gasteiger partial charge in [0.05, 0.1) is 10.6 Å². The van der Waals surface area contributed by atoms with Crippen LogP contribution in [0.2, 0.25) is 0 Å². The summed E-state index contributed by atoms with van der Waals surface area (Å²) >= 11 is 0. The molecule has 0 radical (unpaired) electrons. The molecule has 0 atom stereocenters. The van der Waals surface area contributed by atoms with Gasteiger partial charge in [-0.05, 0) is 23.3 Å². The Morgan fingerprint density at radius 2 is 1.68 bits per heavy atom. The maximum atomic E-state index is 10.5. The van der Waals surface area contributed by atoms with Crippen molar-refractivity contribution in [1.82, 2.24) is 0 Å². The first-order valence-corrected chi connectivity index (χ1v) is 5.70. The van der Waals surface area contributed by atoms with Crippen LogP contribution < -0.4 is 0 Å². The molecule has 0 heterocycles. The third kappa shape index (κ3) is 3.13. The molecular formula is C15H12N2O2. The lowest BCUT2D eigenvalue weighted by Crippen LogP contribution is -1.87. The van der Waals surface area contributed by atoms with E-state index in [9.17, 15) is 10.1 Å². The maximum Gasteiger partial charge on any atom is 0.269 e. The lowest BCUT2D eigenvalue weighted by atomic mass is 10.1. The van der Waals surface area contributed by atoms with Crippen molar-refractivity contribution in [2.75, 3.05) is 0 Å². The molecule has 0 N–H and O–H groups in total. The van der Waals surface area contributed by atoms with E-state index in [0.717, 1.165) is 11.1 Å². The van der Waals surface area contributed by atoms with E-state index in [4.69, 9.17) is 0 Å². The van der Waals surface area contributed by atoms with Gasteiger partial charge in [-0.1, -0.05) is 36.9 Å². The minimum atomic E-state index is -0.430. The Labute approximate surface area is 110 Å². The van der Waals surface area contributed by atoms with Gasteiger partial charge in [0.1, 0.15) is 0 Å². The average Bonchev–Trinajstić information content (AvgIpc) is 2.45. The minimum absolute atomic E-state index is 0.0606. The zero-order chi connectivity index (χ0) is 13.7. The van der Waals surface area contributed by atoms with Gasteiger partial charge >= 0.3 is 0 Å². The fourth-order valence-electron chi connectivity index (χ4n) is 1.62.